The molecule has 84 valence electrons. The average Bonchev–Trinajstić information content (AvgIpc) is 2.73. The maximum absolute atomic E-state index is 4.21. The quantitative estimate of drug-likeness (QED) is 0.614. The summed E-state index contributed by atoms with van der Waals surface area (Å²) in [5, 5.41) is 9.23. The molecule has 0 amide bonds. The minimum Gasteiger partial charge on any atom is -0.277 e. The van der Waals surface area contributed by atoms with E-state index in [0.717, 1.165) is 27.7 Å². The first-order valence-electron chi connectivity index (χ1n) is 5.27. The van der Waals surface area contributed by atoms with Crippen LogP contribution in [0.1, 0.15) is 17.0 Å². The van der Waals surface area contributed by atoms with Crippen LogP contribution in [-0.4, -0.2) is 21.0 Å². The molecule has 0 fully saturated rings. The molecular weight excluding hydrogens is 230 g/mol. The monoisotopic (exact) mass is 241 g/mol. The van der Waals surface area contributed by atoms with Crippen LogP contribution in [0.4, 0.5) is 0 Å². The summed E-state index contributed by atoms with van der Waals surface area (Å²) in [5.74, 6) is 0.815. The first-order chi connectivity index (χ1) is 8.31. The lowest BCUT2D eigenvalue weighted by Crippen LogP contribution is -1.96. The van der Waals surface area contributed by atoms with E-state index in [2.05, 4.69) is 35.0 Å². The van der Waals surface area contributed by atoms with E-state index >= 15 is 0 Å². The molecule has 2 heterocycles. The second-order valence-corrected chi connectivity index (χ2v) is 4.54. The maximum Gasteiger partial charge on any atom is 0.195 e. The highest BCUT2D eigenvalue weighted by atomic mass is 32.2. The van der Waals surface area contributed by atoms with E-state index < -0.39 is 0 Å². The van der Waals surface area contributed by atoms with E-state index in [9.17, 15) is 0 Å². The van der Waals surface area contributed by atoms with Gasteiger partial charge in [-0.1, -0.05) is 42.6 Å². The van der Waals surface area contributed by atoms with E-state index in [-0.39, 0.29) is 0 Å². The number of thioether (sulfide) groups is 1. The Labute approximate surface area is 104 Å². The number of hydrogen-bond donors (Lipinski definition) is 0. The molecule has 1 aliphatic rings. The normalized spacial score (nSPS) is 13.1. The maximum atomic E-state index is 4.21. The molecule has 2 aromatic rings. The second-order valence-electron chi connectivity index (χ2n) is 3.76. The summed E-state index contributed by atoms with van der Waals surface area (Å²) < 4.78 is 1.98. The van der Waals surface area contributed by atoms with Gasteiger partial charge in [0, 0.05) is 11.8 Å². The van der Waals surface area contributed by atoms with Crippen molar-refractivity contribution < 1.29 is 0 Å². The lowest BCUT2D eigenvalue weighted by molar-refractivity contribution is 0.922. The van der Waals surface area contributed by atoms with Crippen LogP contribution in [0, 0.1) is 0 Å². The zero-order chi connectivity index (χ0) is 11.8. The first-order valence-corrected chi connectivity index (χ1v) is 6.49. The Kier molecular flexibility index (Phi) is 2.37. The van der Waals surface area contributed by atoms with Crippen molar-refractivity contribution in [1.82, 2.24) is 14.8 Å². The molecule has 0 unspecified atom stereocenters. The third kappa shape index (κ3) is 1.52. The molecule has 0 saturated carbocycles. The van der Waals surface area contributed by atoms with E-state index in [0.29, 0.717) is 0 Å². The fourth-order valence-electron chi connectivity index (χ4n) is 1.95. The zero-order valence-corrected chi connectivity index (χ0v) is 10.2. The Bertz CT molecular complexity index is 625. The highest BCUT2D eigenvalue weighted by Crippen LogP contribution is 2.30. The van der Waals surface area contributed by atoms with Crippen molar-refractivity contribution in [3.63, 3.8) is 0 Å². The van der Waals surface area contributed by atoms with Gasteiger partial charge in [0.15, 0.2) is 11.0 Å². The lowest BCUT2D eigenvalue weighted by atomic mass is 10.0. The molecule has 0 aliphatic carbocycles. The Morgan fingerprint density at radius 1 is 1.24 bits per heavy atom. The summed E-state index contributed by atoms with van der Waals surface area (Å²) in [4.78, 5) is 0. The van der Waals surface area contributed by atoms with Gasteiger partial charge in [-0.25, -0.2) is 0 Å². The summed E-state index contributed by atoms with van der Waals surface area (Å²) in [7, 11) is 0. The Balaban J connectivity index is 2.26. The summed E-state index contributed by atoms with van der Waals surface area (Å²) in [6, 6.07) is 8.18. The highest BCUT2D eigenvalue weighted by Gasteiger charge is 2.17. The van der Waals surface area contributed by atoms with Crippen LogP contribution < -0.4 is 0 Å². The minimum absolute atomic E-state index is 0.815. The van der Waals surface area contributed by atoms with Gasteiger partial charge in [-0.15, -0.1) is 10.2 Å². The Morgan fingerprint density at radius 2 is 2.06 bits per heavy atom. The summed E-state index contributed by atoms with van der Waals surface area (Å²) in [6.07, 6.45) is 6.06. The molecule has 0 radical (unpaired) electrons. The molecule has 17 heavy (non-hydrogen) atoms. The molecule has 0 bridgehead atoms. The number of aromatic nitrogens is 3. The van der Waals surface area contributed by atoms with Crippen molar-refractivity contribution in [1.29, 1.82) is 0 Å². The van der Waals surface area contributed by atoms with Crippen molar-refractivity contribution in [3.05, 3.63) is 47.8 Å². The van der Waals surface area contributed by atoms with Gasteiger partial charge in [0.1, 0.15) is 0 Å². The van der Waals surface area contributed by atoms with Crippen molar-refractivity contribution in [2.45, 2.75) is 5.16 Å². The van der Waals surface area contributed by atoms with E-state index in [4.69, 9.17) is 0 Å². The molecule has 1 aliphatic heterocycles. The van der Waals surface area contributed by atoms with Crippen LogP contribution >= 0.6 is 11.8 Å². The van der Waals surface area contributed by atoms with Crippen LogP contribution in [0.15, 0.2) is 36.0 Å². The molecule has 3 rings (SSSR count). The van der Waals surface area contributed by atoms with Gasteiger partial charge in [-0.05, 0) is 23.5 Å². The molecule has 3 nitrogen and oxygen atoms in total. The van der Waals surface area contributed by atoms with Crippen LogP contribution in [0.25, 0.3) is 17.8 Å². The Hall–Kier alpha value is -1.81. The topological polar surface area (TPSA) is 30.7 Å². The molecule has 0 N–H and O–H groups in total. The number of fused-ring (bicyclic) bond motifs is 2. The summed E-state index contributed by atoms with van der Waals surface area (Å²) in [5.41, 5.74) is 3.19. The van der Waals surface area contributed by atoms with Crippen molar-refractivity contribution in [2.24, 2.45) is 0 Å². The first kappa shape index (κ1) is 10.4. The van der Waals surface area contributed by atoms with Crippen LogP contribution in [0.2, 0.25) is 0 Å². The third-order valence-electron chi connectivity index (χ3n) is 2.81. The fraction of sp³-hybridized carbons (Fsp3) is 0.0769. The largest absolute Gasteiger partial charge is 0.277 e. The number of hydrogen-bond acceptors (Lipinski definition) is 3. The molecule has 1 aromatic carbocycles. The van der Waals surface area contributed by atoms with Gasteiger partial charge in [0.2, 0.25) is 0 Å². The molecule has 1 aromatic heterocycles. The van der Waals surface area contributed by atoms with Crippen molar-refractivity contribution >= 4 is 29.6 Å². The van der Waals surface area contributed by atoms with Gasteiger partial charge >= 0.3 is 0 Å². The SMILES string of the molecule is C=C1c2ccccc2C=Cn2c(SC)nnc21. The van der Waals surface area contributed by atoms with Crippen LogP contribution in [0.5, 0.6) is 0 Å². The van der Waals surface area contributed by atoms with Crippen molar-refractivity contribution in [2.75, 3.05) is 6.26 Å². The van der Waals surface area contributed by atoms with Gasteiger partial charge in [0.05, 0.1) is 0 Å². The average molecular weight is 241 g/mol. The molecule has 0 saturated heterocycles. The predicted molar refractivity (Wildman–Crippen MR) is 71.6 cm³/mol. The molecule has 0 atom stereocenters. The van der Waals surface area contributed by atoms with Crippen LogP contribution in [-0.2, 0) is 0 Å². The highest BCUT2D eigenvalue weighted by molar-refractivity contribution is 7.98. The molecule has 0 spiro atoms. The Morgan fingerprint density at radius 3 is 2.88 bits per heavy atom. The summed E-state index contributed by atoms with van der Waals surface area (Å²) in [6.45, 7) is 4.13. The van der Waals surface area contributed by atoms with Gasteiger partial charge in [-0.3, -0.25) is 4.57 Å². The molecule has 4 heteroatoms. The van der Waals surface area contributed by atoms with E-state index in [1.165, 1.54) is 0 Å². The lowest BCUT2D eigenvalue weighted by Gasteiger charge is -2.05. The minimum atomic E-state index is 0.815. The number of rotatable bonds is 1. The standard InChI is InChI=1S/C13H11N3S/c1-9-11-6-4-3-5-10(11)7-8-16-12(9)14-15-13(16)17-2/h3-8H,1H2,2H3. The number of benzene rings is 1. The number of nitrogens with zero attached hydrogens (tertiary/aromatic N) is 3. The molecular formula is C13H11N3S. The fourth-order valence-corrected chi connectivity index (χ4v) is 2.42. The van der Waals surface area contributed by atoms with E-state index in [1.807, 2.05) is 29.2 Å². The van der Waals surface area contributed by atoms with Crippen molar-refractivity contribution in [3.8, 4) is 0 Å². The van der Waals surface area contributed by atoms with E-state index in [1.54, 1.807) is 11.8 Å². The van der Waals surface area contributed by atoms with Gasteiger partial charge < -0.3 is 0 Å². The zero-order valence-electron chi connectivity index (χ0n) is 9.42. The second kappa shape index (κ2) is 3.89. The predicted octanol–water partition coefficient (Wildman–Crippen LogP) is 3.00. The summed E-state index contributed by atoms with van der Waals surface area (Å²) >= 11 is 1.58. The van der Waals surface area contributed by atoms with Gasteiger partial charge in [-0.2, -0.15) is 0 Å². The van der Waals surface area contributed by atoms with Crippen LogP contribution in [0.3, 0.4) is 0 Å². The van der Waals surface area contributed by atoms with Gasteiger partial charge in [0.25, 0.3) is 0 Å². The smallest absolute Gasteiger partial charge is 0.195 e. The third-order valence-corrected chi connectivity index (χ3v) is 3.45.